The zero-order valence-electron chi connectivity index (χ0n) is 7.41. The van der Waals surface area contributed by atoms with Crippen LogP contribution >= 0.6 is 0 Å². The van der Waals surface area contributed by atoms with Crippen LogP contribution in [-0.4, -0.2) is 15.0 Å². The van der Waals surface area contributed by atoms with Gasteiger partial charge in [-0.25, -0.2) is 4.68 Å². The largest absolute Gasteiger partial charge is 0.250 e. The second kappa shape index (κ2) is 3.51. The van der Waals surface area contributed by atoms with Gasteiger partial charge in [0.2, 0.25) is 0 Å². The Morgan fingerprint density at radius 2 is 2.27 bits per heavy atom. The Hall–Kier alpha value is -0.860. The molecule has 0 radical (unpaired) electrons. The molecule has 0 aliphatic heterocycles. The van der Waals surface area contributed by atoms with Crippen molar-refractivity contribution in [3.05, 3.63) is 11.9 Å². The van der Waals surface area contributed by atoms with Crippen molar-refractivity contribution in [1.29, 1.82) is 0 Å². The molecule has 1 aromatic rings. The van der Waals surface area contributed by atoms with E-state index >= 15 is 0 Å². The van der Waals surface area contributed by atoms with Gasteiger partial charge in [0.25, 0.3) is 0 Å². The zero-order valence-corrected chi connectivity index (χ0v) is 7.41. The number of hydrogen-bond donors (Lipinski definition) is 0. The Balaban J connectivity index is 2.66. The van der Waals surface area contributed by atoms with Gasteiger partial charge in [-0.3, -0.25) is 0 Å². The molecule has 0 N–H and O–H groups in total. The molecular weight excluding hydrogens is 138 g/mol. The number of rotatable bonds is 3. The maximum Gasteiger partial charge on any atom is 0.0827 e. The molecule has 0 saturated carbocycles. The first-order chi connectivity index (χ1) is 5.24. The van der Waals surface area contributed by atoms with Crippen molar-refractivity contribution in [3.63, 3.8) is 0 Å². The Labute approximate surface area is 67.4 Å². The highest BCUT2D eigenvalue weighted by Crippen LogP contribution is 2.03. The topological polar surface area (TPSA) is 30.7 Å². The van der Waals surface area contributed by atoms with Crippen LogP contribution in [-0.2, 0) is 6.42 Å². The number of aromatic nitrogens is 3. The summed E-state index contributed by atoms with van der Waals surface area (Å²) in [7, 11) is 0. The highest BCUT2D eigenvalue weighted by molar-refractivity contribution is 4.92. The lowest BCUT2D eigenvalue weighted by molar-refractivity contribution is 0.514. The first-order valence-corrected chi connectivity index (χ1v) is 4.14. The number of nitrogens with zero attached hydrogens (tertiary/aromatic N) is 3. The lowest BCUT2D eigenvalue weighted by atomic mass is 10.3. The van der Waals surface area contributed by atoms with E-state index in [1.807, 2.05) is 10.9 Å². The van der Waals surface area contributed by atoms with E-state index in [-0.39, 0.29) is 0 Å². The van der Waals surface area contributed by atoms with Crippen LogP contribution in [0.3, 0.4) is 0 Å². The molecule has 0 fully saturated rings. The van der Waals surface area contributed by atoms with Crippen molar-refractivity contribution in [1.82, 2.24) is 15.0 Å². The predicted octanol–water partition coefficient (Wildman–Crippen LogP) is 1.81. The van der Waals surface area contributed by atoms with Gasteiger partial charge in [-0.1, -0.05) is 18.6 Å². The highest BCUT2D eigenvalue weighted by atomic mass is 15.4. The van der Waals surface area contributed by atoms with Crippen LogP contribution < -0.4 is 0 Å². The highest BCUT2D eigenvalue weighted by Gasteiger charge is 2.01. The van der Waals surface area contributed by atoms with E-state index < -0.39 is 0 Å². The molecule has 0 aliphatic rings. The Kier molecular flexibility index (Phi) is 2.63. The molecule has 0 atom stereocenters. The fourth-order valence-electron chi connectivity index (χ4n) is 0.936. The fraction of sp³-hybridized carbons (Fsp3) is 0.750. The quantitative estimate of drug-likeness (QED) is 0.663. The summed E-state index contributed by atoms with van der Waals surface area (Å²) in [5.41, 5.74) is 1.10. The van der Waals surface area contributed by atoms with Gasteiger partial charge in [0.15, 0.2) is 0 Å². The third kappa shape index (κ3) is 2.03. The molecule has 1 aromatic heterocycles. The Bertz CT molecular complexity index is 215. The molecule has 3 nitrogen and oxygen atoms in total. The summed E-state index contributed by atoms with van der Waals surface area (Å²) in [6.45, 7) is 6.35. The van der Waals surface area contributed by atoms with Gasteiger partial charge >= 0.3 is 0 Å². The molecule has 11 heavy (non-hydrogen) atoms. The van der Waals surface area contributed by atoms with Gasteiger partial charge in [0, 0.05) is 12.2 Å². The summed E-state index contributed by atoms with van der Waals surface area (Å²) < 4.78 is 1.89. The maximum atomic E-state index is 4.04. The average molecular weight is 153 g/mol. The first-order valence-electron chi connectivity index (χ1n) is 4.14. The van der Waals surface area contributed by atoms with Crippen LogP contribution in [0.5, 0.6) is 0 Å². The van der Waals surface area contributed by atoms with Crippen molar-refractivity contribution in [2.24, 2.45) is 0 Å². The van der Waals surface area contributed by atoms with Crippen LogP contribution in [0.25, 0.3) is 0 Å². The minimum Gasteiger partial charge on any atom is -0.250 e. The summed E-state index contributed by atoms with van der Waals surface area (Å²) in [4.78, 5) is 0. The van der Waals surface area contributed by atoms with Crippen LogP contribution in [0, 0.1) is 0 Å². The smallest absolute Gasteiger partial charge is 0.0827 e. The van der Waals surface area contributed by atoms with Gasteiger partial charge in [-0.15, -0.1) is 5.10 Å². The third-order valence-corrected chi connectivity index (χ3v) is 1.59. The van der Waals surface area contributed by atoms with E-state index in [0.717, 1.165) is 18.5 Å². The fourth-order valence-corrected chi connectivity index (χ4v) is 0.936. The van der Waals surface area contributed by atoms with E-state index in [1.165, 1.54) is 0 Å². The second-order valence-corrected chi connectivity index (χ2v) is 3.03. The summed E-state index contributed by atoms with van der Waals surface area (Å²) in [6, 6.07) is 0.424. The van der Waals surface area contributed by atoms with Crippen molar-refractivity contribution in [3.8, 4) is 0 Å². The maximum absolute atomic E-state index is 4.04. The van der Waals surface area contributed by atoms with E-state index in [4.69, 9.17) is 0 Å². The summed E-state index contributed by atoms with van der Waals surface area (Å²) >= 11 is 0. The molecular formula is C8H15N3. The van der Waals surface area contributed by atoms with Crippen LogP contribution in [0.2, 0.25) is 0 Å². The molecule has 0 amide bonds. The van der Waals surface area contributed by atoms with Gasteiger partial charge in [-0.05, 0) is 20.3 Å². The summed E-state index contributed by atoms with van der Waals surface area (Å²) in [5.74, 6) is 0. The molecule has 62 valence electrons. The monoisotopic (exact) mass is 153 g/mol. The lowest BCUT2D eigenvalue weighted by Crippen LogP contribution is -2.00. The minimum absolute atomic E-state index is 0.424. The molecule has 0 unspecified atom stereocenters. The Morgan fingerprint density at radius 3 is 2.73 bits per heavy atom. The van der Waals surface area contributed by atoms with Gasteiger partial charge in [-0.2, -0.15) is 0 Å². The van der Waals surface area contributed by atoms with Crippen LogP contribution in [0.1, 0.15) is 38.9 Å². The van der Waals surface area contributed by atoms with Crippen LogP contribution in [0.4, 0.5) is 0 Å². The lowest BCUT2D eigenvalue weighted by Gasteiger charge is -2.00. The molecule has 0 aliphatic carbocycles. The zero-order chi connectivity index (χ0) is 8.27. The predicted molar refractivity (Wildman–Crippen MR) is 44.4 cm³/mol. The van der Waals surface area contributed by atoms with Crippen LogP contribution in [0.15, 0.2) is 6.20 Å². The first kappa shape index (κ1) is 8.24. The minimum atomic E-state index is 0.424. The van der Waals surface area contributed by atoms with E-state index in [2.05, 4.69) is 31.1 Å². The summed E-state index contributed by atoms with van der Waals surface area (Å²) in [6.07, 6.45) is 4.19. The van der Waals surface area contributed by atoms with Crippen molar-refractivity contribution >= 4 is 0 Å². The van der Waals surface area contributed by atoms with Gasteiger partial charge < -0.3 is 0 Å². The molecule has 3 heteroatoms. The second-order valence-electron chi connectivity index (χ2n) is 3.03. The standard InChI is InChI=1S/C8H15N3/c1-4-5-8-6-11(7(2)3)10-9-8/h6-7H,4-5H2,1-3H3. The van der Waals surface area contributed by atoms with Gasteiger partial charge in [0.05, 0.1) is 5.69 Å². The number of aryl methyl sites for hydroxylation is 1. The van der Waals surface area contributed by atoms with Crippen molar-refractivity contribution in [2.45, 2.75) is 39.7 Å². The van der Waals surface area contributed by atoms with Gasteiger partial charge in [0.1, 0.15) is 0 Å². The van der Waals surface area contributed by atoms with E-state index in [1.54, 1.807) is 0 Å². The number of hydrogen-bond acceptors (Lipinski definition) is 2. The summed E-state index contributed by atoms with van der Waals surface area (Å²) in [5, 5.41) is 8.04. The molecule has 1 heterocycles. The van der Waals surface area contributed by atoms with E-state index in [9.17, 15) is 0 Å². The van der Waals surface area contributed by atoms with Crippen molar-refractivity contribution in [2.75, 3.05) is 0 Å². The Morgan fingerprint density at radius 1 is 1.55 bits per heavy atom. The normalized spacial score (nSPS) is 10.9. The van der Waals surface area contributed by atoms with Crippen molar-refractivity contribution < 1.29 is 0 Å². The SMILES string of the molecule is CCCc1cn(C(C)C)nn1. The molecule has 0 bridgehead atoms. The average Bonchev–Trinajstić information content (AvgIpc) is 2.37. The molecule has 0 spiro atoms. The molecule has 1 rings (SSSR count). The molecule has 0 aromatic carbocycles. The molecule has 0 saturated heterocycles. The van der Waals surface area contributed by atoms with E-state index in [0.29, 0.717) is 6.04 Å². The third-order valence-electron chi connectivity index (χ3n) is 1.59.